The van der Waals surface area contributed by atoms with Gasteiger partial charge in [0.05, 0.1) is 10.9 Å². The number of hydrogen-bond donors (Lipinski definition) is 1. The summed E-state index contributed by atoms with van der Waals surface area (Å²) in [6.07, 6.45) is 6.87. The van der Waals surface area contributed by atoms with E-state index in [0.29, 0.717) is 45.4 Å². The highest BCUT2D eigenvalue weighted by Gasteiger charge is 2.47. The molecule has 0 bridgehead atoms. The molecule has 0 radical (unpaired) electrons. The van der Waals surface area contributed by atoms with Gasteiger partial charge < -0.3 is 23.4 Å². The van der Waals surface area contributed by atoms with Crippen LogP contribution in [0.4, 0.5) is 0 Å². The molecule has 6 rings (SSSR count). The number of phenols is 1. The average Bonchev–Trinajstić information content (AvgIpc) is 2.86. The highest BCUT2D eigenvalue weighted by molar-refractivity contribution is 5.93. The van der Waals surface area contributed by atoms with E-state index in [4.69, 9.17) is 18.3 Å². The Kier molecular flexibility index (Phi) is 5.60. The van der Waals surface area contributed by atoms with Crippen LogP contribution in [0.15, 0.2) is 73.6 Å². The maximum absolute atomic E-state index is 12.4. The molecule has 0 saturated carbocycles. The van der Waals surface area contributed by atoms with Crippen molar-refractivity contribution in [1.29, 1.82) is 0 Å². The minimum atomic E-state index is -0.801. The van der Waals surface area contributed by atoms with Crippen molar-refractivity contribution in [3.63, 3.8) is 0 Å². The van der Waals surface area contributed by atoms with Crippen molar-refractivity contribution in [2.45, 2.75) is 70.0 Å². The third-order valence-corrected chi connectivity index (χ3v) is 8.10. The summed E-state index contributed by atoms with van der Waals surface area (Å²) in [6.45, 7) is 14.2. The van der Waals surface area contributed by atoms with Gasteiger partial charge in [-0.25, -0.2) is 9.59 Å². The van der Waals surface area contributed by atoms with E-state index in [1.165, 1.54) is 12.1 Å². The monoisotopic (exact) mass is 540 g/mol. The van der Waals surface area contributed by atoms with Crippen LogP contribution in [0.25, 0.3) is 28.0 Å². The van der Waals surface area contributed by atoms with Crippen LogP contribution in [0.1, 0.15) is 70.1 Å². The fourth-order valence-corrected chi connectivity index (χ4v) is 6.16. The third kappa shape index (κ3) is 4.12. The zero-order valence-electron chi connectivity index (χ0n) is 23.3. The number of phenolic OH excluding ortho intramolecular Hbond substituents is 1. The quantitative estimate of drug-likeness (QED) is 0.220. The number of fused-ring (bicyclic) bond motifs is 3. The number of ether oxygens (including phenoxy) is 2. The van der Waals surface area contributed by atoms with Gasteiger partial charge in [0.25, 0.3) is 0 Å². The molecule has 2 unspecified atom stereocenters. The number of aromatic hydroxyl groups is 1. The topological polar surface area (TPSA) is 99.1 Å². The van der Waals surface area contributed by atoms with Gasteiger partial charge in [-0.3, -0.25) is 0 Å². The molecule has 7 heteroatoms. The van der Waals surface area contributed by atoms with Crippen LogP contribution in [0, 0.1) is 0 Å². The lowest BCUT2D eigenvalue weighted by Gasteiger charge is -2.47. The molecule has 2 aromatic carbocycles. The third-order valence-electron chi connectivity index (χ3n) is 8.10. The molecular formula is C33H32O7. The molecule has 1 N–H and O–H groups in total. The second-order valence-corrected chi connectivity index (χ2v) is 12.3. The Morgan fingerprint density at radius 3 is 2.33 bits per heavy atom. The van der Waals surface area contributed by atoms with Crippen molar-refractivity contribution in [2.75, 3.05) is 0 Å². The summed E-state index contributed by atoms with van der Waals surface area (Å²) in [6, 6.07) is 9.45. The normalized spacial score (nSPS) is 21.7. The van der Waals surface area contributed by atoms with Crippen molar-refractivity contribution in [3.8, 4) is 17.2 Å². The van der Waals surface area contributed by atoms with Crippen LogP contribution >= 0.6 is 0 Å². The molecule has 2 atom stereocenters. The Hall–Kier alpha value is -4.26. The van der Waals surface area contributed by atoms with E-state index < -0.39 is 27.9 Å². The van der Waals surface area contributed by atoms with Crippen molar-refractivity contribution >= 4 is 28.0 Å². The van der Waals surface area contributed by atoms with Gasteiger partial charge in [0.2, 0.25) is 0 Å². The number of hydrogen-bond acceptors (Lipinski definition) is 7. The number of allylic oxidation sites excluding steroid dienone is 1. The Balaban J connectivity index is 1.57. The van der Waals surface area contributed by atoms with Gasteiger partial charge in [0.1, 0.15) is 39.6 Å². The van der Waals surface area contributed by atoms with E-state index in [1.54, 1.807) is 30.3 Å². The second kappa shape index (κ2) is 8.62. The molecule has 0 spiro atoms. The van der Waals surface area contributed by atoms with Gasteiger partial charge >= 0.3 is 11.3 Å². The minimum absolute atomic E-state index is 0.00378. The van der Waals surface area contributed by atoms with Crippen LogP contribution in [-0.4, -0.2) is 16.3 Å². The van der Waals surface area contributed by atoms with E-state index >= 15 is 0 Å². The van der Waals surface area contributed by atoms with Gasteiger partial charge in [-0.15, -0.1) is 6.58 Å². The summed E-state index contributed by atoms with van der Waals surface area (Å²) in [4.78, 5) is 24.4. The molecule has 0 fully saturated rings. The van der Waals surface area contributed by atoms with Crippen molar-refractivity contribution in [3.05, 3.63) is 92.7 Å². The van der Waals surface area contributed by atoms with Gasteiger partial charge in [-0.05, 0) is 75.9 Å². The minimum Gasteiger partial charge on any atom is -0.507 e. The lowest BCUT2D eigenvalue weighted by Crippen LogP contribution is -2.43. The molecule has 4 aromatic rings. The molecule has 0 amide bonds. The lowest BCUT2D eigenvalue weighted by molar-refractivity contribution is 0.0319. The van der Waals surface area contributed by atoms with Crippen molar-refractivity contribution < 1.29 is 23.4 Å². The maximum Gasteiger partial charge on any atom is 0.336 e. The summed E-state index contributed by atoms with van der Waals surface area (Å²) < 4.78 is 24.7. The Morgan fingerprint density at radius 2 is 1.60 bits per heavy atom. The largest absolute Gasteiger partial charge is 0.507 e. The molecule has 2 aliphatic heterocycles. The maximum atomic E-state index is 12.4. The smallest absolute Gasteiger partial charge is 0.336 e. The van der Waals surface area contributed by atoms with Crippen LogP contribution in [0.3, 0.4) is 0 Å². The average molecular weight is 541 g/mol. The van der Waals surface area contributed by atoms with Crippen LogP contribution in [-0.2, 0) is 5.41 Å². The van der Waals surface area contributed by atoms with Crippen molar-refractivity contribution in [1.82, 2.24) is 0 Å². The van der Waals surface area contributed by atoms with E-state index in [2.05, 4.69) is 20.4 Å². The van der Waals surface area contributed by atoms with E-state index in [1.807, 2.05) is 32.9 Å². The molecule has 40 heavy (non-hydrogen) atoms. The summed E-state index contributed by atoms with van der Waals surface area (Å²) >= 11 is 0. The predicted octanol–water partition coefficient (Wildman–Crippen LogP) is 6.97. The molecule has 4 heterocycles. The van der Waals surface area contributed by atoms with Gasteiger partial charge in [0.15, 0.2) is 0 Å². The standard InChI is InChI=1S/C33H32O7/c1-7-31(2,3)26-29-21(10-13-24(36)38-29)28-25-19(16-32(4,5)39-30(25)26)17-33(6,40-28)15-14-20-22(34)11-8-18-9-12-23(35)37-27(18)20/h7-15,19,34H,1,16-17H2,2-6H3/b15-14+. The molecule has 206 valence electrons. The van der Waals surface area contributed by atoms with E-state index in [9.17, 15) is 14.7 Å². The summed E-state index contributed by atoms with van der Waals surface area (Å²) in [5.41, 5.74) is 0.0926. The molecule has 0 aliphatic carbocycles. The van der Waals surface area contributed by atoms with Crippen LogP contribution in [0.5, 0.6) is 17.2 Å². The van der Waals surface area contributed by atoms with Crippen molar-refractivity contribution in [2.24, 2.45) is 0 Å². The first-order valence-corrected chi connectivity index (χ1v) is 13.4. The Bertz CT molecular complexity index is 1850. The first-order chi connectivity index (χ1) is 18.8. The second-order valence-electron chi connectivity index (χ2n) is 12.3. The van der Waals surface area contributed by atoms with Gasteiger partial charge in [0, 0.05) is 34.1 Å². The molecule has 2 aromatic heterocycles. The number of benzene rings is 2. The molecule has 2 aliphatic rings. The zero-order valence-corrected chi connectivity index (χ0v) is 23.3. The summed E-state index contributed by atoms with van der Waals surface area (Å²) in [5.74, 6) is 1.37. The fraction of sp³-hybridized carbons (Fsp3) is 0.333. The van der Waals surface area contributed by atoms with Gasteiger partial charge in [-0.2, -0.15) is 0 Å². The predicted molar refractivity (Wildman–Crippen MR) is 155 cm³/mol. The molecule has 7 nitrogen and oxygen atoms in total. The SMILES string of the molecule is C=CC(C)(C)c1c2c3c(c4ccc(=O)oc14)OC(C)(/C=C/c1c(O)ccc4ccc(=O)oc14)CC3CC(C)(C)O2. The highest BCUT2D eigenvalue weighted by Crippen LogP contribution is 2.58. The molecule has 0 saturated heterocycles. The lowest BCUT2D eigenvalue weighted by atomic mass is 9.72. The Labute approximate surface area is 231 Å². The van der Waals surface area contributed by atoms with Gasteiger partial charge in [-0.1, -0.05) is 19.9 Å². The van der Waals surface area contributed by atoms with E-state index in [-0.39, 0.29) is 11.7 Å². The first kappa shape index (κ1) is 26.0. The molecular weight excluding hydrogens is 508 g/mol. The zero-order chi connectivity index (χ0) is 28.6. The van der Waals surface area contributed by atoms with E-state index in [0.717, 1.165) is 17.5 Å². The first-order valence-electron chi connectivity index (χ1n) is 13.4. The highest BCUT2D eigenvalue weighted by atomic mass is 16.5. The fourth-order valence-electron chi connectivity index (χ4n) is 6.16. The Morgan fingerprint density at radius 1 is 0.925 bits per heavy atom. The summed E-state index contributed by atoms with van der Waals surface area (Å²) in [5, 5.41) is 12.0. The number of rotatable bonds is 4. The van der Waals surface area contributed by atoms with Crippen LogP contribution < -0.4 is 20.7 Å². The van der Waals surface area contributed by atoms with Crippen LogP contribution in [0.2, 0.25) is 0 Å². The summed E-state index contributed by atoms with van der Waals surface area (Å²) in [7, 11) is 0.